The highest BCUT2D eigenvalue weighted by atomic mass is 79.9. The van der Waals surface area contributed by atoms with E-state index in [-0.39, 0.29) is 6.04 Å². The van der Waals surface area contributed by atoms with Gasteiger partial charge in [0.15, 0.2) is 11.5 Å². The topological polar surface area (TPSA) is 30.5 Å². The van der Waals surface area contributed by atoms with Crippen LogP contribution in [0.3, 0.4) is 0 Å². The Bertz CT molecular complexity index is 869. The Morgan fingerprint density at radius 1 is 0.893 bits per heavy atom. The van der Waals surface area contributed by atoms with E-state index < -0.39 is 0 Å². The van der Waals surface area contributed by atoms with Crippen LogP contribution in [0.15, 0.2) is 77.3 Å². The zero-order valence-corrected chi connectivity index (χ0v) is 17.9. The quantitative estimate of drug-likeness (QED) is 0.425. The molecule has 0 saturated carbocycles. The SMILES string of the molecule is CCOc1cc(CNC(C)c2ccccc2)c(Br)cc1OCc1ccccc1. The molecule has 0 amide bonds. The van der Waals surface area contributed by atoms with Gasteiger partial charge in [0.2, 0.25) is 0 Å². The van der Waals surface area contributed by atoms with Gasteiger partial charge in [-0.2, -0.15) is 0 Å². The third kappa shape index (κ3) is 5.60. The van der Waals surface area contributed by atoms with E-state index >= 15 is 0 Å². The molecule has 3 rings (SSSR count). The Morgan fingerprint density at radius 2 is 1.54 bits per heavy atom. The monoisotopic (exact) mass is 439 g/mol. The predicted octanol–water partition coefficient (Wildman–Crippen LogP) is 6.28. The lowest BCUT2D eigenvalue weighted by Crippen LogP contribution is -2.18. The van der Waals surface area contributed by atoms with Crippen molar-refractivity contribution < 1.29 is 9.47 Å². The number of ether oxygens (including phenoxy) is 2. The number of rotatable bonds is 9. The average Bonchev–Trinajstić information content (AvgIpc) is 2.74. The van der Waals surface area contributed by atoms with Gasteiger partial charge in [0.25, 0.3) is 0 Å². The molecule has 0 aliphatic rings. The number of halogens is 1. The maximum absolute atomic E-state index is 6.03. The average molecular weight is 440 g/mol. The Kier molecular flexibility index (Phi) is 7.52. The number of nitrogens with one attached hydrogen (secondary N) is 1. The maximum atomic E-state index is 6.03. The third-order valence-electron chi connectivity index (χ3n) is 4.55. The highest BCUT2D eigenvalue weighted by Gasteiger charge is 2.13. The second-order valence-corrected chi connectivity index (χ2v) is 7.47. The smallest absolute Gasteiger partial charge is 0.162 e. The number of benzene rings is 3. The normalized spacial score (nSPS) is 11.8. The first-order chi connectivity index (χ1) is 13.7. The highest BCUT2D eigenvalue weighted by Crippen LogP contribution is 2.34. The van der Waals surface area contributed by atoms with Crippen LogP contribution in [-0.2, 0) is 13.2 Å². The first-order valence-electron chi connectivity index (χ1n) is 9.57. The molecule has 1 unspecified atom stereocenters. The van der Waals surface area contributed by atoms with E-state index in [9.17, 15) is 0 Å². The van der Waals surface area contributed by atoms with Gasteiger partial charge < -0.3 is 14.8 Å². The van der Waals surface area contributed by atoms with Gasteiger partial charge in [-0.05, 0) is 42.7 Å². The predicted molar refractivity (Wildman–Crippen MR) is 118 cm³/mol. The van der Waals surface area contributed by atoms with Crippen LogP contribution in [0.2, 0.25) is 0 Å². The van der Waals surface area contributed by atoms with Crippen LogP contribution in [0, 0.1) is 0 Å². The van der Waals surface area contributed by atoms with Gasteiger partial charge in [0.05, 0.1) is 6.61 Å². The Labute approximate surface area is 175 Å². The van der Waals surface area contributed by atoms with Crippen LogP contribution in [0.5, 0.6) is 11.5 Å². The standard InChI is InChI=1S/C24H26BrNO2/c1-3-27-23-14-21(16-26-18(2)20-12-8-5-9-13-20)22(25)15-24(23)28-17-19-10-6-4-7-11-19/h4-15,18,26H,3,16-17H2,1-2H3. The lowest BCUT2D eigenvalue weighted by molar-refractivity contribution is 0.269. The Morgan fingerprint density at radius 3 is 2.21 bits per heavy atom. The van der Waals surface area contributed by atoms with Gasteiger partial charge in [-0.3, -0.25) is 0 Å². The summed E-state index contributed by atoms with van der Waals surface area (Å²) < 4.78 is 12.9. The molecule has 0 spiro atoms. The van der Waals surface area contributed by atoms with Crippen molar-refractivity contribution in [3.8, 4) is 11.5 Å². The molecule has 4 heteroatoms. The minimum atomic E-state index is 0.262. The van der Waals surface area contributed by atoms with Crippen molar-refractivity contribution in [3.63, 3.8) is 0 Å². The largest absolute Gasteiger partial charge is 0.490 e. The van der Waals surface area contributed by atoms with Gasteiger partial charge >= 0.3 is 0 Å². The van der Waals surface area contributed by atoms with E-state index in [1.807, 2.05) is 37.3 Å². The van der Waals surface area contributed by atoms with E-state index in [0.717, 1.165) is 33.6 Å². The molecule has 0 bridgehead atoms. The van der Waals surface area contributed by atoms with Crippen molar-refractivity contribution in [2.45, 2.75) is 33.0 Å². The lowest BCUT2D eigenvalue weighted by atomic mass is 10.1. The van der Waals surface area contributed by atoms with Crippen LogP contribution >= 0.6 is 15.9 Å². The van der Waals surface area contributed by atoms with Gasteiger partial charge in [0, 0.05) is 17.1 Å². The Balaban J connectivity index is 1.71. The number of hydrogen-bond donors (Lipinski definition) is 1. The molecular weight excluding hydrogens is 414 g/mol. The molecular formula is C24H26BrNO2. The summed E-state index contributed by atoms with van der Waals surface area (Å²) in [5, 5.41) is 3.58. The van der Waals surface area contributed by atoms with Crippen LogP contribution in [-0.4, -0.2) is 6.61 Å². The molecule has 0 aliphatic heterocycles. The fraction of sp³-hybridized carbons (Fsp3) is 0.250. The minimum Gasteiger partial charge on any atom is -0.490 e. The molecule has 0 aliphatic carbocycles. The van der Waals surface area contributed by atoms with Crippen LogP contribution in [0.1, 0.15) is 36.6 Å². The van der Waals surface area contributed by atoms with Crippen molar-refractivity contribution in [3.05, 3.63) is 94.0 Å². The molecule has 3 aromatic carbocycles. The fourth-order valence-corrected chi connectivity index (χ4v) is 3.41. The molecule has 0 saturated heterocycles. The summed E-state index contributed by atoms with van der Waals surface area (Å²) in [4.78, 5) is 0. The summed E-state index contributed by atoms with van der Waals surface area (Å²) in [6.45, 7) is 5.99. The first kappa shape index (κ1) is 20.4. The maximum Gasteiger partial charge on any atom is 0.162 e. The Hall–Kier alpha value is -2.30. The first-order valence-corrected chi connectivity index (χ1v) is 10.4. The molecule has 0 heterocycles. The second kappa shape index (κ2) is 10.3. The third-order valence-corrected chi connectivity index (χ3v) is 5.29. The van der Waals surface area contributed by atoms with Crippen LogP contribution in [0.4, 0.5) is 0 Å². The molecule has 1 N–H and O–H groups in total. The molecule has 3 nitrogen and oxygen atoms in total. The van der Waals surface area contributed by atoms with Crippen molar-refractivity contribution in [2.75, 3.05) is 6.61 Å². The molecule has 0 aromatic heterocycles. The molecule has 0 fully saturated rings. The molecule has 1 atom stereocenters. The fourth-order valence-electron chi connectivity index (χ4n) is 2.95. The summed E-state index contributed by atoms with van der Waals surface area (Å²) in [6.07, 6.45) is 0. The highest BCUT2D eigenvalue weighted by molar-refractivity contribution is 9.10. The van der Waals surface area contributed by atoms with E-state index in [1.54, 1.807) is 0 Å². The van der Waals surface area contributed by atoms with Crippen molar-refractivity contribution in [1.29, 1.82) is 0 Å². The van der Waals surface area contributed by atoms with Gasteiger partial charge in [0.1, 0.15) is 6.61 Å². The molecule has 28 heavy (non-hydrogen) atoms. The van der Waals surface area contributed by atoms with Crippen molar-refractivity contribution in [2.24, 2.45) is 0 Å². The summed E-state index contributed by atoms with van der Waals surface area (Å²) in [5.41, 5.74) is 3.54. The van der Waals surface area contributed by atoms with Crippen LogP contribution < -0.4 is 14.8 Å². The molecule has 3 aromatic rings. The van der Waals surface area contributed by atoms with Crippen LogP contribution in [0.25, 0.3) is 0 Å². The van der Waals surface area contributed by atoms with Crippen molar-refractivity contribution >= 4 is 15.9 Å². The zero-order chi connectivity index (χ0) is 19.8. The molecule has 146 valence electrons. The summed E-state index contributed by atoms with van der Waals surface area (Å²) >= 11 is 3.69. The van der Waals surface area contributed by atoms with Gasteiger partial charge in [-0.15, -0.1) is 0 Å². The van der Waals surface area contributed by atoms with E-state index in [1.165, 1.54) is 5.56 Å². The van der Waals surface area contributed by atoms with Crippen molar-refractivity contribution in [1.82, 2.24) is 5.32 Å². The second-order valence-electron chi connectivity index (χ2n) is 6.61. The summed E-state index contributed by atoms with van der Waals surface area (Å²) in [5.74, 6) is 1.52. The summed E-state index contributed by atoms with van der Waals surface area (Å²) in [7, 11) is 0. The number of hydrogen-bond acceptors (Lipinski definition) is 3. The van der Waals surface area contributed by atoms with E-state index in [2.05, 4.69) is 70.6 Å². The van der Waals surface area contributed by atoms with Gasteiger partial charge in [-0.25, -0.2) is 0 Å². The minimum absolute atomic E-state index is 0.262. The molecule has 0 radical (unpaired) electrons. The van der Waals surface area contributed by atoms with E-state index in [4.69, 9.17) is 9.47 Å². The van der Waals surface area contributed by atoms with Gasteiger partial charge in [-0.1, -0.05) is 76.6 Å². The summed E-state index contributed by atoms with van der Waals surface area (Å²) in [6, 6.07) is 24.9. The van der Waals surface area contributed by atoms with E-state index in [0.29, 0.717) is 13.2 Å². The lowest BCUT2D eigenvalue weighted by Gasteiger charge is -2.18. The zero-order valence-electron chi connectivity index (χ0n) is 16.3.